The van der Waals surface area contributed by atoms with Crippen molar-refractivity contribution in [3.8, 4) is 11.4 Å². The Morgan fingerprint density at radius 3 is 2.82 bits per heavy atom. The van der Waals surface area contributed by atoms with E-state index in [4.69, 9.17) is 11.6 Å². The fourth-order valence-electron chi connectivity index (χ4n) is 2.51. The molecule has 0 bridgehead atoms. The zero-order valence-corrected chi connectivity index (χ0v) is 17.4. The van der Waals surface area contributed by atoms with Gasteiger partial charge in [-0.05, 0) is 32.0 Å². The van der Waals surface area contributed by atoms with Crippen molar-refractivity contribution in [3.05, 3.63) is 49.7 Å². The van der Waals surface area contributed by atoms with Crippen molar-refractivity contribution in [1.29, 1.82) is 0 Å². The number of hydrogen-bond donors (Lipinski definition) is 1. The molecule has 146 valence electrons. The number of anilines is 1. The first-order valence-electron chi connectivity index (χ1n) is 8.24. The highest BCUT2D eigenvalue weighted by molar-refractivity contribution is 7.99. The number of benzene rings is 1. The number of hydrogen-bond acceptors (Lipinski definition) is 7. The van der Waals surface area contributed by atoms with Crippen LogP contribution in [-0.2, 0) is 11.3 Å². The van der Waals surface area contributed by atoms with Crippen LogP contribution in [0.1, 0.15) is 11.8 Å². The third-order valence-electron chi connectivity index (χ3n) is 3.78. The lowest BCUT2D eigenvalue weighted by molar-refractivity contribution is -0.384. The minimum atomic E-state index is -0.593. The van der Waals surface area contributed by atoms with Gasteiger partial charge in [-0.3, -0.25) is 14.9 Å². The molecular formula is C17H16ClN5O3S2. The van der Waals surface area contributed by atoms with E-state index in [-0.39, 0.29) is 22.4 Å². The molecular weight excluding hydrogens is 422 g/mol. The Morgan fingerprint density at radius 2 is 2.18 bits per heavy atom. The molecule has 0 unspecified atom stereocenters. The van der Waals surface area contributed by atoms with Gasteiger partial charge in [0.25, 0.3) is 5.69 Å². The molecule has 2 heterocycles. The highest BCUT2D eigenvalue weighted by Gasteiger charge is 2.17. The van der Waals surface area contributed by atoms with E-state index in [0.29, 0.717) is 17.4 Å². The molecule has 0 saturated carbocycles. The zero-order valence-electron chi connectivity index (χ0n) is 15.0. The second-order valence-corrected chi connectivity index (χ2v) is 8.22. The van der Waals surface area contributed by atoms with Gasteiger partial charge in [0.2, 0.25) is 5.91 Å². The summed E-state index contributed by atoms with van der Waals surface area (Å²) in [7, 11) is 0. The molecule has 0 atom stereocenters. The van der Waals surface area contributed by atoms with Crippen LogP contribution in [0.4, 0.5) is 11.4 Å². The maximum absolute atomic E-state index is 12.2. The number of carbonyl (C=O) groups excluding carboxylic acids is 1. The van der Waals surface area contributed by atoms with Crippen LogP contribution in [0.5, 0.6) is 0 Å². The minimum absolute atomic E-state index is 0.0182. The maximum Gasteiger partial charge on any atom is 0.289 e. The first-order chi connectivity index (χ1) is 13.4. The largest absolute Gasteiger partial charge is 0.325 e. The summed E-state index contributed by atoms with van der Waals surface area (Å²) in [5, 5.41) is 24.7. The van der Waals surface area contributed by atoms with Gasteiger partial charge < -0.3 is 9.88 Å². The van der Waals surface area contributed by atoms with Crippen molar-refractivity contribution >= 4 is 52.0 Å². The number of nitro benzene ring substituents is 1. The molecule has 0 spiro atoms. The Hall–Kier alpha value is -2.43. The lowest BCUT2D eigenvalue weighted by atomic mass is 10.3. The van der Waals surface area contributed by atoms with E-state index < -0.39 is 4.92 Å². The van der Waals surface area contributed by atoms with E-state index in [2.05, 4.69) is 21.6 Å². The van der Waals surface area contributed by atoms with Crippen molar-refractivity contribution in [2.24, 2.45) is 0 Å². The van der Waals surface area contributed by atoms with Crippen LogP contribution in [0.3, 0.4) is 0 Å². The number of nitrogens with one attached hydrogen (secondary N) is 1. The van der Waals surface area contributed by atoms with Crippen molar-refractivity contribution in [2.45, 2.75) is 25.5 Å². The molecule has 8 nitrogen and oxygen atoms in total. The van der Waals surface area contributed by atoms with Gasteiger partial charge in [0.05, 0.1) is 10.7 Å². The summed E-state index contributed by atoms with van der Waals surface area (Å²) in [6.45, 7) is 4.69. The van der Waals surface area contributed by atoms with E-state index in [1.165, 1.54) is 34.8 Å². The number of carbonyl (C=O) groups is 1. The van der Waals surface area contributed by atoms with Gasteiger partial charge in [-0.2, -0.15) is 0 Å². The second kappa shape index (κ2) is 8.72. The summed E-state index contributed by atoms with van der Waals surface area (Å²) >= 11 is 8.68. The number of nitrogens with zero attached hydrogens (tertiary/aromatic N) is 4. The molecule has 0 aliphatic carbocycles. The van der Waals surface area contributed by atoms with Crippen LogP contribution in [0.25, 0.3) is 11.4 Å². The summed E-state index contributed by atoms with van der Waals surface area (Å²) in [4.78, 5) is 23.8. The fourth-order valence-corrected chi connectivity index (χ4v) is 4.18. The number of rotatable bonds is 7. The number of thioether (sulfide) groups is 1. The van der Waals surface area contributed by atoms with Crippen molar-refractivity contribution < 1.29 is 9.72 Å². The standard InChI is InChI=1S/C17H16ClN5O3S2/c1-3-22-16(11-6-10(2)27-8-11)20-21-17(22)28-9-15(24)19-12-4-5-13(18)14(7-12)23(25)26/h4-8H,3,9H2,1-2H3,(H,19,24). The summed E-state index contributed by atoms with van der Waals surface area (Å²) in [6, 6.07) is 6.18. The minimum Gasteiger partial charge on any atom is -0.325 e. The van der Waals surface area contributed by atoms with E-state index >= 15 is 0 Å². The van der Waals surface area contributed by atoms with Crippen LogP contribution < -0.4 is 5.32 Å². The quantitative estimate of drug-likeness (QED) is 0.328. The first kappa shape index (κ1) is 20.3. The average molecular weight is 438 g/mol. The molecule has 0 radical (unpaired) electrons. The van der Waals surface area contributed by atoms with Crippen molar-refractivity contribution in [2.75, 3.05) is 11.1 Å². The summed E-state index contributed by atoms with van der Waals surface area (Å²) < 4.78 is 1.95. The Balaban J connectivity index is 1.67. The van der Waals surface area contributed by atoms with E-state index in [1.807, 2.05) is 23.8 Å². The molecule has 2 aromatic heterocycles. The Bertz CT molecular complexity index is 1030. The van der Waals surface area contributed by atoms with Crippen molar-refractivity contribution in [3.63, 3.8) is 0 Å². The predicted octanol–water partition coefficient (Wildman–Crippen LogP) is 4.63. The fraction of sp³-hybridized carbons (Fsp3) is 0.235. The first-order valence-corrected chi connectivity index (χ1v) is 10.5. The summed E-state index contributed by atoms with van der Waals surface area (Å²) in [5.41, 5.74) is 1.06. The highest BCUT2D eigenvalue weighted by Crippen LogP contribution is 2.29. The van der Waals surface area contributed by atoms with Crippen LogP contribution in [-0.4, -0.2) is 31.3 Å². The van der Waals surface area contributed by atoms with Gasteiger partial charge in [-0.1, -0.05) is 23.4 Å². The molecule has 0 aliphatic heterocycles. The van der Waals surface area contributed by atoms with E-state index in [9.17, 15) is 14.9 Å². The average Bonchev–Trinajstić information content (AvgIpc) is 3.26. The predicted molar refractivity (Wildman–Crippen MR) is 111 cm³/mol. The molecule has 1 amide bonds. The van der Waals surface area contributed by atoms with Gasteiger partial charge in [-0.15, -0.1) is 21.5 Å². The number of thiophene rings is 1. The molecule has 1 N–H and O–H groups in total. The number of nitro groups is 1. The molecule has 11 heteroatoms. The molecule has 28 heavy (non-hydrogen) atoms. The number of halogens is 1. The monoisotopic (exact) mass is 437 g/mol. The van der Waals surface area contributed by atoms with Crippen LogP contribution in [0.15, 0.2) is 34.8 Å². The SMILES string of the molecule is CCn1c(SCC(=O)Nc2ccc(Cl)c([N+](=O)[O-])c2)nnc1-c1csc(C)c1. The molecule has 0 aliphatic rings. The highest BCUT2D eigenvalue weighted by atomic mass is 35.5. The number of amides is 1. The summed E-state index contributed by atoms with van der Waals surface area (Å²) in [6.07, 6.45) is 0. The molecule has 3 rings (SSSR count). The number of aromatic nitrogens is 3. The lowest BCUT2D eigenvalue weighted by Crippen LogP contribution is -2.14. The van der Waals surface area contributed by atoms with E-state index in [1.54, 1.807) is 11.3 Å². The van der Waals surface area contributed by atoms with Gasteiger partial charge >= 0.3 is 0 Å². The van der Waals surface area contributed by atoms with Gasteiger partial charge in [-0.25, -0.2) is 0 Å². The van der Waals surface area contributed by atoms with Crippen LogP contribution in [0, 0.1) is 17.0 Å². The third kappa shape index (κ3) is 4.51. The van der Waals surface area contributed by atoms with Crippen molar-refractivity contribution in [1.82, 2.24) is 14.8 Å². The normalized spacial score (nSPS) is 10.8. The van der Waals surface area contributed by atoms with Gasteiger partial charge in [0.1, 0.15) is 5.02 Å². The third-order valence-corrected chi connectivity index (χ3v) is 5.93. The molecule has 1 aromatic carbocycles. The molecule has 0 fully saturated rings. The zero-order chi connectivity index (χ0) is 20.3. The Labute approximate surface area is 174 Å². The van der Waals surface area contributed by atoms with Gasteiger partial charge in [0, 0.05) is 34.1 Å². The maximum atomic E-state index is 12.2. The van der Waals surface area contributed by atoms with E-state index in [0.717, 1.165) is 11.4 Å². The molecule has 3 aromatic rings. The van der Waals surface area contributed by atoms with Crippen LogP contribution in [0.2, 0.25) is 5.02 Å². The van der Waals surface area contributed by atoms with Crippen LogP contribution >= 0.6 is 34.7 Å². The molecule has 0 saturated heterocycles. The summed E-state index contributed by atoms with van der Waals surface area (Å²) in [5.74, 6) is 0.556. The Kier molecular flexibility index (Phi) is 6.32. The number of aryl methyl sites for hydroxylation is 1. The smallest absolute Gasteiger partial charge is 0.289 e. The Morgan fingerprint density at radius 1 is 1.39 bits per heavy atom. The second-order valence-electron chi connectivity index (χ2n) is 5.76. The van der Waals surface area contributed by atoms with Gasteiger partial charge in [0.15, 0.2) is 11.0 Å². The lowest BCUT2D eigenvalue weighted by Gasteiger charge is -2.07. The topological polar surface area (TPSA) is 103 Å².